The maximum atomic E-state index is 11.7. The van der Waals surface area contributed by atoms with Gasteiger partial charge < -0.3 is 0 Å². The van der Waals surface area contributed by atoms with E-state index in [1.165, 1.54) is 11.6 Å². The van der Waals surface area contributed by atoms with Crippen molar-refractivity contribution in [1.82, 2.24) is 0 Å². The molecule has 0 radical (unpaired) electrons. The van der Waals surface area contributed by atoms with Gasteiger partial charge in [0.1, 0.15) is 0 Å². The summed E-state index contributed by atoms with van der Waals surface area (Å²) < 4.78 is 23.5. The topological polar surface area (TPSA) is 34.1 Å². The summed E-state index contributed by atoms with van der Waals surface area (Å²) in [5, 5.41) is 0.798. The molecule has 2 nitrogen and oxygen atoms in total. The zero-order valence-corrected chi connectivity index (χ0v) is 14.1. The van der Waals surface area contributed by atoms with Crippen LogP contribution in [0.4, 0.5) is 0 Å². The molecule has 0 heterocycles. The average molecular weight is 362 g/mol. The van der Waals surface area contributed by atoms with E-state index in [1.54, 1.807) is 24.3 Å². The Bertz CT molecular complexity index is 794. The molecule has 0 spiro atoms. The maximum absolute atomic E-state index is 11.7. The van der Waals surface area contributed by atoms with E-state index in [9.17, 15) is 8.42 Å². The molecule has 0 aliphatic carbocycles. The van der Waals surface area contributed by atoms with Crippen molar-refractivity contribution in [3.05, 3.63) is 69.2 Å². The summed E-state index contributed by atoms with van der Waals surface area (Å²) in [5.74, 6) is 0. The fraction of sp³-hybridized carbons (Fsp3) is 0.0667. The van der Waals surface area contributed by atoms with Crippen molar-refractivity contribution in [2.45, 2.75) is 4.90 Å². The van der Waals surface area contributed by atoms with E-state index < -0.39 is 9.84 Å². The Morgan fingerprint density at radius 3 is 2.10 bits per heavy atom. The lowest BCUT2D eigenvalue weighted by Crippen LogP contribution is -1.99. The molecule has 0 unspecified atom stereocenters. The molecular weight excluding hydrogens is 351 g/mol. The normalized spacial score (nSPS) is 12.5. The van der Waals surface area contributed by atoms with Gasteiger partial charge in [0.25, 0.3) is 0 Å². The highest BCUT2D eigenvalue weighted by atomic mass is 35.5. The van der Waals surface area contributed by atoms with Gasteiger partial charge in [0.2, 0.25) is 0 Å². The SMILES string of the molecule is CS(=O)(=O)c1cc(C(=CCl)c2ccc(Cl)cc2)ccc1Cl. The first-order chi connectivity index (χ1) is 9.82. The summed E-state index contributed by atoms with van der Waals surface area (Å²) in [5.41, 5.74) is 3.58. The summed E-state index contributed by atoms with van der Waals surface area (Å²) >= 11 is 17.7. The second-order valence-corrected chi connectivity index (χ2v) is 7.49. The van der Waals surface area contributed by atoms with Crippen molar-refractivity contribution in [1.29, 1.82) is 0 Å². The lowest BCUT2D eigenvalue weighted by atomic mass is 10.00. The Labute approximate surface area is 138 Å². The first-order valence-corrected chi connectivity index (χ1v) is 8.97. The highest BCUT2D eigenvalue weighted by Gasteiger charge is 2.15. The van der Waals surface area contributed by atoms with Gasteiger partial charge in [-0.2, -0.15) is 0 Å². The van der Waals surface area contributed by atoms with Crippen LogP contribution in [0.5, 0.6) is 0 Å². The molecule has 0 aliphatic heterocycles. The molecule has 2 rings (SSSR count). The van der Waals surface area contributed by atoms with Gasteiger partial charge in [-0.3, -0.25) is 0 Å². The number of sulfone groups is 1. The second-order valence-electron chi connectivity index (χ2n) is 4.45. The van der Waals surface area contributed by atoms with Crippen LogP contribution in [-0.4, -0.2) is 14.7 Å². The van der Waals surface area contributed by atoms with Crippen LogP contribution in [0.25, 0.3) is 5.57 Å². The van der Waals surface area contributed by atoms with Gasteiger partial charge in [0.05, 0.1) is 9.92 Å². The molecule has 0 saturated carbocycles. The van der Waals surface area contributed by atoms with Gasteiger partial charge in [-0.25, -0.2) is 8.42 Å². The van der Waals surface area contributed by atoms with Crippen molar-refractivity contribution >= 4 is 50.2 Å². The first-order valence-electron chi connectivity index (χ1n) is 5.89. The molecule has 0 atom stereocenters. The van der Waals surface area contributed by atoms with Crippen molar-refractivity contribution in [2.24, 2.45) is 0 Å². The summed E-state index contributed by atoms with van der Waals surface area (Å²) in [6.45, 7) is 0. The van der Waals surface area contributed by atoms with Gasteiger partial charge in [-0.1, -0.05) is 53.0 Å². The molecule has 0 bridgehead atoms. The van der Waals surface area contributed by atoms with Gasteiger partial charge in [-0.05, 0) is 35.4 Å². The van der Waals surface area contributed by atoms with Gasteiger partial charge in [0.15, 0.2) is 9.84 Å². The van der Waals surface area contributed by atoms with Crippen LogP contribution in [0.2, 0.25) is 10.0 Å². The zero-order valence-electron chi connectivity index (χ0n) is 11.0. The third-order valence-electron chi connectivity index (χ3n) is 2.91. The van der Waals surface area contributed by atoms with Crippen LogP contribution in [0, 0.1) is 0 Å². The van der Waals surface area contributed by atoms with Crippen LogP contribution >= 0.6 is 34.8 Å². The van der Waals surface area contributed by atoms with E-state index in [0.717, 1.165) is 11.8 Å². The van der Waals surface area contributed by atoms with Crippen LogP contribution < -0.4 is 0 Å². The molecule has 6 heteroatoms. The average Bonchev–Trinajstić information content (AvgIpc) is 2.42. The third-order valence-corrected chi connectivity index (χ3v) is 4.95. The molecule has 2 aromatic carbocycles. The third kappa shape index (κ3) is 3.80. The van der Waals surface area contributed by atoms with Crippen LogP contribution in [0.3, 0.4) is 0 Å². The highest BCUT2D eigenvalue weighted by Crippen LogP contribution is 2.30. The maximum Gasteiger partial charge on any atom is 0.177 e. The van der Waals surface area contributed by atoms with Crippen molar-refractivity contribution < 1.29 is 8.42 Å². The number of hydrogen-bond donors (Lipinski definition) is 0. The van der Waals surface area contributed by atoms with E-state index in [4.69, 9.17) is 34.8 Å². The molecule has 110 valence electrons. The molecular formula is C15H11Cl3O2S. The molecule has 0 aliphatic rings. The molecule has 2 aromatic rings. The monoisotopic (exact) mass is 360 g/mol. The summed E-state index contributed by atoms with van der Waals surface area (Å²) in [4.78, 5) is 0.0756. The number of rotatable bonds is 3. The minimum Gasteiger partial charge on any atom is -0.224 e. The summed E-state index contributed by atoms with van der Waals surface area (Å²) in [6, 6.07) is 11.9. The summed E-state index contributed by atoms with van der Waals surface area (Å²) in [7, 11) is -3.41. The molecule has 0 amide bonds. The minimum absolute atomic E-state index is 0.0756. The Balaban J connectivity index is 2.57. The smallest absolute Gasteiger partial charge is 0.177 e. The molecule has 0 saturated heterocycles. The van der Waals surface area contributed by atoms with Crippen LogP contribution in [-0.2, 0) is 9.84 Å². The van der Waals surface area contributed by atoms with Crippen molar-refractivity contribution in [3.8, 4) is 0 Å². The van der Waals surface area contributed by atoms with Crippen molar-refractivity contribution in [2.75, 3.05) is 6.26 Å². The minimum atomic E-state index is -3.41. The van der Waals surface area contributed by atoms with Gasteiger partial charge in [-0.15, -0.1) is 0 Å². The predicted molar refractivity (Wildman–Crippen MR) is 88.9 cm³/mol. The Kier molecular flexibility index (Phi) is 4.99. The molecule has 0 N–H and O–H groups in total. The van der Waals surface area contributed by atoms with Crippen LogP contribution in [0.15, 0.2) is 52.9 Å². The largest absolute Gasteiger partial charge is 0.224 e. The first kappa shape index (κ1) is 16.4. The molecule has 0 aromatic heterocycles. The van der Waals surface area contributed by atoms with Gasteiger partial charge in [0, 0.05) is 22.4 Å². The highest BCUT2D eigenvalue weighted by molar-refractivity contribution is 7.90. The standard InChI is InChI=1S/C15H11Cl3O2S/c1-21(19,20)15-8-11(4-7-14(15)18)13(9-16)10-2-5-12(17)6-3-10/h2-9H,1H3. The van der Waals surface area contributed by atoms with E-state index in [-0.39, 0.29) is 9.92 Å². The molecule has 21 heavy (non-hydrogen) atoms. The lowest BCUT2D eigenvalue weighted by Gasteiger charge is -2.10. The fourth-order valence-electron chi connectivity index (χ4n) is 1.88. The van der Waals surface area contributed by atoms with Crippen LogP contribution in [0.1, 0.15) is 11.1 Å². The number of hydrogen-bond acceptors (Lipinski definition) is 2. The second kappa shape index (κ2) is 6.41. The Morgan fingerprint density at radius 1 is 1.00 bits per heavy atom. The number of benzene rings is 2. The van der Waals surface area contributed by atoms with Crippen molar-refractivity contribution in [3.63, 3.8) is 0 Å². The quantitative estimate of drug-likeness (QED) is 0.769. The van der Waals surface area contributed by atoms with E-state index >= 15 is 0 Å². The predicted octanol–water partition coefficient (Wildman–Crippen LogP) is 5.02. The Hall–Kier alpha value is -1.00. The Morgan fingerprint density at radius 2 is 1.57 bits per heavy atom. The lowest BCUT2D eigenvalue weighted by molar-refractivity contribution is 0.602. The van der Waals surface area contributed by atoms with E-state index in [0.29, 0.717) is 16.2 Å². The van der Waals surface area contributed by atoms with E-state index in [1.807, 2.05) is 12.1 Å². The zero-order chi connectivity index (χ0) is 15.6. The molecule has 0 fully saturated rings. The van der Waals surface area contributed by atoms with E-state index in [2.05, 4.69) is 0 Å². The number of halogens is 3. The fourth-order valence-corrected chi connectivity index (χ4v) is 3.56. The summed E-state index contributed by atoms with van der Waals surface area (Å²) in [6.07, 6.45) is 1.12. The van der Waals surface area contributed by atoms with Gasteiger partial charge >= 0.3 is 0 Å².